The third-order valence-corrected chi connectivity index (χ3v) is 1.78. The van der Waals surface area contributed by atoms with E-state index in [4.69, 9.17) is 11.2 Å². The molecule has 0 saturated heterocycles. The van der Waals surface area contributed by atoms with Gasteiger partial charge in [0.05, 0.1) is 0 Å². The summed E-state index contributed by atoms with van der Waals surface area (Å²) < 4.78 is 4.74. The summed E-state index contributed by atoms with van der Waals surface area (Å²) in [5.41, 5.74) is 1.13. The van der Waals surface area contributed by atoms with Crippen molar-refractivity contribution in [3.05, 3.63) is 35.9 Å². The van der Waals surface area contributed by atoms with E-state index in [1.807, 2.05) is 30.3 Å². The summed E-state index contributed by atoms with van der Waals surface area (Å²) >= 11 is 0. The molecule has 0 N–H and O–H groups in total. The lowest BCUT2D eigenvalue weighted by Crippen LogP contribution is -2.05. The van der Waals surface area contributed by atoms with Crippen LogP contribution in [0.25, 0.3) is 0 Å². The molecule has 1 rings (SSSR count). The van der Waals surface area contributed by atoms with E-state index in [0.717, 1.165) is 5.56 Å². The van der Waals surface area contributed by atoms with Crippen molar-refractivity contribution in [3.8, 4) is 12.3 Å². The summed E-state index contributed by atoms with van der Waals surface area (Å²) in [4.78, 5) is 11.1. The molecule has 0 saturated carbocycles. The molecule has 0 heterocycles. The van der Waals surface area contributed by atoms with Crippen LogP contribution in [-0.2, 0) is 16.0 Å². The van der Waals surface area contributed by atoms with Gasteiger partial charge in [0.1, 0.15) is 0 Å². The molecule has 2 nitrogen and oxygen atoms in total. The summed E-state index contributed by atoms with van der Waals surface area (Å²) in [5, 5.41) is 0. The Morgan fingerprint density at radius 2 is 2.07 bits per heavy atom. The van der Waals surface area contributed by atoms with Crippen molar-refractivity contribution in [2.45, 2.75) is 12.8 Å². The van der Waals surface area contributed by atoms with Crippen LogP contribution in [0.1, 0.15) is 12.0 Å². The van der Waals surface area contributed by atoms with E-state index in [-0.39, 0.29) is 12.6 Å². The number of hydrogen-bond acceptors (Lipinski definition) is 2. The lowest BCUT2D eigenvalue weighted by Gasteiger charge is -2.00. The second-order valence-electron chi connectivity index (χ2n) is 2.85. The molecular weight excluding hydrogens is 176 g/mol. The Morgan fingerprint density at radius 1 is 1.36 bits per heavy atom. The molecule has 0 aliphatic rings. The number of terminal acetylenes is 1. The van der Waals surface area contributed by atoms with Crippen molar-refractivity contribution >= 4 is 5.97 Å². The monoisotopic (exact) mass is 188 g/mol. The highest BCUT2D eigenvalue weighted by atomic mass is 16.5. The molecule has 2 heteroatoms. The largest absolute Gasteiger partial charge is 0.452 e. The molecule has 1 aromatic carbocycles. The second kappa shape index (κ2) is 5.82. The molecule has 0 aliphatic heterocycles. The summed E-state index contributed by atoms with van der Waals surface area (Å²) in [6.07, 6.45) is 6.04. The highest BCUT2D eigenvalue weighted by Gasteiger charge is 2.01. The molecule has 0 amide bonds. The van der Waals surface area contributed by atoms with Crippen LogP contribution in [0, 0.1) is 12.3 Å². The first-order valence-electron chi connectivity index (χ1n) is 4.46. The Morgan fingerprint density at radius 3 is 2.71 bits per heavy atom. The van der Waals surface area contributed by atoms with Crippen molar-refractivity contribution in [3.63, 3.8) is 0 Å². The van der Waals surface area contributed by atoms with Gasteiger partial charge in [0.25, 0.3) is 0 Å². The van der Waals surface area contributed by atoms with Crippen molar-refractivity contribution in [1.82, 2.24) is 0 Å². The number of aryl methyl sites for hydroxylation is 1. The van der Waals surface area contributed by atoms with Gasteiger partial charge >= 0.3 is 5.97 Å². The Bertz CT molecular complexity index is 322. The SMILES string of the molecule is C#CCOC(=O)CCc1ccccc1. The fourth-order valence-electron chi connectivity index (χ4n) is 1.09. The van der Waals surface area contributed by atoms with Crippen LogP contribution >= 0.6 is 0 Å². The average Bonchev–Trinajstić information content (AvgIpc) is 2.25. The van der Waals surface area contributed by atoms with Crippen molar-refractivity contribution in [2.75, 3.05) is 6.61 Å². The number of carbonyl (C=O) groups is 1. The topological polar surface area (TPSA) is 26.3 Å². The zero-order chi connectivity index (χ0) is 10.2. The number of benzene rings is 1. The number of rotatable bonds is 4. The molecule has 0 bridgehead atoms. The van der Waals surface area contributed by atoms with Crippen LogP contribution in [0.15, 0.2) is 30.3 Å². The Hall–Kier alpha value is -1.75. The average molecular weight is 188 g/mol. The molecular formula is C12H12O2. The molecule has 14 heavy (non-hydrogen) atoms. The lowest BCUT2D eigenvalue weighted by molar-refractivity contribution is -0.142. The van der Waals surface area contributed by atoms with E-state index >= 15 is 0 Å². The van der Waals surface area contributed by atoms with E-state index in [2.05, 4.69) is 5.92 Å². The maximum Gasteiger partial charge on any atom is 0.307 e. The van der Waals surface area contributed by atoms with E-state index in [0.29, 0.717) is 12.8 Å². The normalized spacial score (nSPS) is 9.07. The Kier molecular flexibility index (Phi) is 4.30. The third-order valence-electron chi connectivity index (χ3n) is 1.78. The van der Waals surface area contributed by atoms with Gasteiger partial charge < -0.3 is 4.74 Å². The standard InChI is InChI=1S/C12H12O2/c1-2-10-14-12(13)9-8-11-6-4-3-5-7-11/h1,3-7H,8-10H2. The van der Waals surface area contributed by atoms with Gasteiger partial charge in [0.15, 0.2) is 6.61 Å². The number of esters is 1. The van der Waals surface area contributed by atoms with Gasteiger partial charge in [-0.25, -0.2) is 0 Å². The summed E-state index contributed by atoms with van der Waals surface area (Å²) in [6.45, 7) is 0.0631. The van der Waals surface area contributed by atoms with E-state index in [1.165, 1.54) is 0 Å². The van der Waals surface area contributed by atoms with Crippen LogP contribution < -0.4 is 0 Å². The van der Waals surface area contributed by atoms with Crippen molar-refractivity contribution in [2.24, 2.45) is 0 Å². The highest BCUT2D eigenvalue weighted by molar-refractivity contribution is 5.69. The summed E-state index contributed by atoms with van der Waals surface area (Å²) in [5.74, 6) is 2.01. The van der Waals surface area contributed by atoms with Crippen LogP contribution in [0.4, 0.5) is 0 Å². The van der Waals surface area contributed by atoms with Gasteiger partial charge in [-0.05, 0) is 12.0 Å². The molecule has 0 atom stereocenters. The van der Waals surface area contributed by atoms with Gasteiger partial charge in [0, 0.05) is 6.42 Å². The summed E-state index contributed by atoms with van der Waals surface area (Å²) in [7, 11) is 0. The minimum Gasteiger partial charge on any atom is -0.452 e. The second-order valence-corrected chi connectivity index (χ2v) is 2.85. The van der Waals surface area contributed by atoms with Crippen LogP contribution in [0.2, 0.25) is 0 Å². The maximum atomic E-state index is 11.1. The van der Waals surface area contributed by atoms with Crippen LogP contribution in [0.5, 0.6) is 0 Å². The molecule has 1 aromatic rings. The minimum atomic E-state index is -0.244. The fourth-order valence-corrected chi connectivity index (χ4v) is 1.09. The van der Waals surface area contributed by atoms with Crippen LogP contribution in [0.3, 0.4) is 0 Å². The molecule has 0 unspecified atom stereocenters. The number of hydrogen-bond donors (Lipinski definition) is 0. The quantitative estimate of drug-likeness (QED) is 0.532. The fraction of sp³-hybridized carbons (Fsp3) is 0.250. The van der Waals surface area contributed by atoms with Crippen LogP contribution in [-0.4, -0.2) is 12.6 Å². The van der Waals surface area contributed by atoms with E-state index in [1.54, 1.807) is 0 Å². The molecule has 0 aromatic heterocycles. The first-order valence-corrected chi connectivity index (χ1v) is 4.46. The molecule has 0 radical (unpaired) electrons. The molecule has 0 fully saturated rings. The lowest BCUT2D eigenvalue weighted by atomic mass is 10.1. The van der Waals surface area contributed by atoms with Gasteiger partial charge in [-0.15, -0.1) is 6.42 Å². The predicted octanol–water partition coefficient (Wildman–Crippen LogP) is 1.80. The van der Waals surface area contributed by atoms with Gasteiger partial charge in [-0.1, -0.05) is 36.3 Å². The Balaban J connectivity index is 2.28. The van der Waals surface area contributed by atoms with Crippen molar-refractivity contribution < 1.29 is 9.53 Å². The number of ether oxygens (including phenoxy) is 1. The van der Waals surface area contributed by atoms with Gasteiger partial charge in [-0.3, -0.25) is 4.79 Å². The minimum absolute atomic E-state index is 0.0631. The highest BCUT2D eigenvalue weighted by Crippen LogP contribution is 2.02. The zero-order valence-corrected chi connectivity index (χ0v) is 7.90. The molecule has 0 spiro atoms. The van der Waals surface area contributed by atoms with E-state index in [9.17, 15) is 4.79 Å². The van der Waals surface area contributed by atoms with Gasteiger partial charge in [0.2, 0.25) is 0 Å². The first kappa shape index (κ1) is 10.3. The number of carbonyl (C=O) groups excluding carboxylic acids is 1. The Labute approximate surface area is 83.9 Å². The van der Waals surface area contributed by atoms with Gasteiger partial charge in [-0.2, -0.15) is 0 Å². The van der Waals surface area contributed by atoms with E-state index < -0.39 is 0 Å². The third kappa shape index (κ3) is 3.77. The van der Waals surface area contributed by atoms with Crippen molar-refractivity contribution in [1.29, 1.82) is 0 Å². The maximum absolute atomic E-state index is 11.1. The first-order chi connectivity index (χ1) is 6.83. The molecule has 72 valence electrons. The smallest absolute Gasteiger partial charge is 0.307 e. The molecule has 0 aliphatic carbocycles. The summed E-state index contributed by atoms with van der Waals surface area (Å²) in [6, 6.07) is 9.80. The zero-order valence-electron chi connectivity index (χ0n) is 7.90. The predicted molar refractivity (Wildman–Crippen MR) is 54.6 cm³/mol.